The Balaban J connectivity index is 1.99. The molecule has 1 N–H and O–H groups in total. The van der Waals surface area contributed by atoms with E-state index in [9.17, 15) is 14.7 Å². The SMILES string of the molecule is CC1COc2c(N3CCCN(C)CC3)c(F)cc3c(=O)c(C(=O)O)cn1c23. The summed E-state index contributed by atoms with van der Waals surface area (Å²) < 4.78 is 22.7. The highest BCUT2D eigenvalue weighted by molar-refractivity contribution is 5.97. The number of aromatic nitrogens is 1. The van der Waals surface area contributed by atoms with Crippen LogP contribution in [0.25, 0.3) is 10.9 Å². The van der Waals surface area contributed by atoms with E-state index >= 15 is 4.39 Å². The molecule has 1 atom stereocenters. The number of likely N-dealkylation sites (N-methyl/N-ethyl adjacent to an activating group) is 1. The van der Waals surface area contributed by atoms with E-state index in [0.717, 1.165) is 25.6 Å². The average molecular weight is 375 g/mol. The molecule has 2 aliphatic rings. The van der Waals surface area contributed by atoms with E-state index in [1.807, 2.05) is 18.9 Å². The second-order valence-corrected chi connectivity index (χ2v) is 7.32. The van der Waals surface area contributed by atoms with Crippen LogP contribution in [-0.2, 0) is 0 Å². The van der Waals surface area contributed by atoms with Crippen molar-refractivity contribution in [3.05, 3.63) is 33.9 Å². The highest BCUT2D eigenvalue weighted by atomic mass is 19.1. The number of pyridine rings is 1. The van der Waals surface area contributed by atoms with Crippen LogP contribution in [0.4, 0.5) is 10.1 Å². The standard InChI is InChI=1S/C19H22FN3O4/c1-11-10-27-18-15-12(17(24)13(19(25)26)9-23(11)15)8-14(20)16(18)22-5-3-4-21(2)6-7-22/h8-9,11H,3-7,10H2,1-2H3,(H,25,26). The van der Waals surface area contributed by atoms with Crippen LogP contribution in [0.3, 0.4) is 0 Å². The lowest BCUT2D eigenvalue weighted by atomic mass is 10.1. The van der Waals surface area contributed by atoms with Crippen LogP contribution in [0.2, 0.25) is 0 Å². The summed E-state index contributed by atoms with van der Waals surface area (Å²) in [6.45, 7) is 5.25. The number of carbonyl (C=O) groups is 1. The summed E-state index contributed by atoms with van der Waals surface area (Å²) >= 11 is 0. The second-order valence-electron chi connectivity index (χ2n) is 7.32. The Labute approximate surface area is 155 Å². The maximum atomic E-state index is 15.1. The van der Waals surface area contributed by atoms with E-state index in [-0.39, 0.29) is 23.6 Å². The Morgan fingerprint density at radius 2 is 2.07 bits per heavy atom. The van der Waals surface area contributed by atoms with Gasteiger partial charge in [0.2, 0.25) is 5.43 Å². The van der Waals surface area contributed by atoms with Crippen LogP contribution < -0.4 is 15.1 Å². The molecule has 2 aromatic rings. The first-order valence-electron chi connectivity index (χ1n) is 9.09. The molecular weight excluding hydrogens is 353 g/mol. The van der Waals surface area contributed by atoms with E-state index in [2.05, 4.69) is 4.90 Å². The second kappa shape index (κ2) is 6.53. The van der Waals surface area contributed by atoms with Crippen LogP contribution in [-0.4, -0.2) is 60.4 Å². The quantitative estimate of drug-likeness (QED) is 0.865. The summed E-state index contributed by atoms with van der Waals surface area (Å²) in [6.07, 6.45) is 2.25. The highest BCUT2D eigenvalue weighted by Gasteiger charge is 2.30. The molecule has 7 nitrogen and oxygen atoms in total. The molecule has 0 saturated carbocycles. The first-order valence-corrected chi connectivity index (χ1v) is 9.09. The van der Waals surface area contributed by atoms with Crippen molar-refractivity contribution in [1.29, 1.82) is 0 Å². The molecule has 1 aromatic carbocycles. The monoisotopic (exact) mass is 375 g/mol. The summed E-state index contributed by atoms with van der Waals surface area (Å²) in [5.74, 6) is -1.53. The minimum absolute atomic E-state index is 0.0460. The topological polar surface area (TPSA) is 75.0 Å². The van der Waals surface area contributed by atoms with Gasteiger partial charge in [0.15, 0.2) is 11.6 Å². The number of carboxylic acid groups (broad SMARTS) is 1. The molecule has 1 unspecified atom stereocenters. The van der Waals surface area contributed by atoms with Crippen molar-refractivity contribution < 1.29 is 19.0 Å². The Morgan fingerprint density at radius 1 is 1.30 bits per heavy atom. The number of benzene rings is 1. The van der Waals surface area contributed by atoms with Crippen LogP contribution >= 0.6 is 0 Å². The maximum Gasteiger partial charge on any atom is 0.341 e. The fourth-order valence-corrected chi connectivity index (χ4v) is 3.93. The summed E-state index contributed by atoms with van der Waals surface area (Å²) in [5, 5.41) is 9.40. The molecule has 8 heteroatoms. The molecule has 0 spiro atoms. The van der Waals surface area contributed by atoms with Crippen molar-refractivity contribution >= 4 is 22.6 Å². The Hall–Kier alpha value is -2.61. The van der Waals surface area contributed by atoms with E-state index < -0.39 is 17.2 Å². The zero-order chi connectivity index (χ0) is 19.3. The minimum atomic E-state index is -1.31. The van der Waals surface area contributed by atoms with Crippen molar-refractivity contribution in [3.8, 4) is 5.75 Å². The van der Waals surface area contributed by atoms with E-state index in [0.29, 0.717) is 30.0 Å². The van der Waals surface area contributed by atoms with Crippen molar-refractivity contribution in [2.45, 2.75) is 19.4 Å². The molecule has 1 aromatic heterocycles. The van der Waals surface area contributed by atoms with E-state index in [1.165, 1.54) is 6.20 Å². The number of halogens is 1. The molecule has 0 amide bonds. The summed E-state index contributed by atoms with van der Waals surface area (Å²) in [5.41, 5.74) is -0.210. The molecule has 0 radical (unpaired) electrons. The lowest BCUT2D eigenvalue weighted by Gasteiger charge is -2.32. The third-order valence-electron chi connectivity index (χ3n) is 5.41. The fourth-order valence-electron chi connectivity index (χ4n) is 3.93. The molecule has 4 rings (SSSR count). The Kier molecular flexibility index (Phi) is 4.30. The number of rotatable bonds is 2. The van der Waals surface area contributed by atoms with Gasteiger partial charge in [-0.3, -0.25) is 4.79 Å². The number of aromatic carboxylic acids is 1. The van der Waals surface area contributed by atoms with Gasteiger partial charge in [-0.25, -0.2) is 9.18 Å². The number of hydrogen-bond donors (Lipinski definition) is 1. The first kappa shape index (κ1) is 17.8. The molecule has 2 aliphatic heterocycles. The van der Waals surface area contributed by atoms with E-state index in [1.54, 1.807) is 4.57 Å². The summed E-state index contributed by atoms with van der Waals surface area (Å²) in [7, 11) is 2.04. The third kappa shape index (κ3) is 2.84. The molecule has 3 heterocycles. The molecule has 27 heavy (non-hydrogen) atoms. The number of ether oxygens (including phenoxy) is 1. The van der Waals surface area contributed by atoms with Crippen LogP contribution in [0.15, 0.2) is 17.1 Å². The molecule has 144 valence electrons. The van der Waals surface area contributed by atoms with Gasteiger partial charge in [0.25, 0.3) is 0 Å². The van der Waals surface area contributed by atoms with Crippen molar-refractivity contribution in [2.75, 3.05) is 44.7 Å². The van der Waals surface area contributed by atoms with Crippen LogP contribution in [0.1, 0.15) is 29.7 Å². The average Bonchev–Trinajstić information content (AvgIpc) is 2.83. The lowest BCUT2D eigenvalue weighted by molar-refractivity contribution is 0.0694. The van der Waals surface area contributed by atoms with Gasteiger partial charge in [-0.2, -0.15) is 0 Å². The largest absolute Gasteiger partial charge is 0.487 e. The number of anilines is 1. The van der Waals surface area contributed by atoms with Gasteiger partial charge < -0.3 is 24.2 Å². The minimum Gasteiger partial charge on any atom is -0.487 e. The van der Waals surface area contributed by atoms with E-state index in [4.69, 9.17) is 4.74 Å². The zero-order valence-electron chi connectivity index (χ0n) is 15.4. The molecule has 0 bridgehead atoms. The van der Waals surface area contributed by atoms with Crippen molar-refractivity contribution in [3.63, 3.8) is 0 Å². The Bertz CT molecular complexity index is 987. The van der Waals surface area contributed by atoms with Gasteiger partial charge in [0.1, 0.15) is 17.9 Å². The molecule has 0 aliphatic carbocycles. The molecule has 1 saturated heterocycles. The lowest BCUT2D eigenvalue weighted by Crippen LogP contribution is -2.32. The van der Waals surface area contributed by atoms with Gasteiger partial charge in [-0.05, 0) is 33.0 Å². The number of hydrogen-bond acceptors (Lipinski definition) is 5. The predicted molar refractivity (Wildman–Crippen MR) is 99.7 cm³/mol. The van der Waals surface area contributed by atoms with Crippen LogP contribution in [0.5, 0.6) is 5.75 Å². The number of nitrogens with zero attached hydrogens (tertiary/aromatic N) is 3. The fraction of sp³-hybridized carbons (Fsp3) is 0.474. The molecule has 1 fully saturated rings. The zero-order valence-corrected chi connectivity index (χ0v) is 15.4. The summed E-state index contributed by atoms with van der Waals surface area (Å²) in [6, 6.07) is 1.00. The van der Waals surface area contributed by atoms with Gasteiger partial charge >= 0.3 is 5.97 Å². The third-order valence-corrected chi connectivity index (χ3v) is 5.41. The Morgan fingerprint density at radius 3 is 2.81 bits per heavy atom. The van der Waals surface area contributed by atoms with Crippen molar-refractivity contribution in [2.24, 2.45) is 0 Å². The van der Waals surface area contributed by atoms with Crippen LogP contribution in [0, 0.1) is 5.82 Å². The summed E-state index contributed by atoms with van der Waals surface area (Å²) in [4.78, 5) is 28.2. The smallest absolute Gasteiger partial charge is 0.341 e. The molecular formula is C19H22FN3O4. The van der Waals surface area contributed by atoms with Gasteiger partial charge in [-0.15, -0.1) is 0 Å². The van der Waals surface area contributed by atoms with Gasteiger partial charge in [0.05, 0.1) is 16.9 Å². The predicted octanol–water partition coefficient (Wildman–Crippen LogP) is 1.93. The highest BCUT2D eigenvalue weighted by Crippen LogP contribution is 2.42. The first-order chi connectivity index (χ1) is 12.9. The van der Waals surface area contributed by atoms with Crippen molar-refractivity contribution in [1.82, 2.24) is 9.47 Å². The normalized spacial score (nSPS) is 20.4. The number of carboxylic acids is 1. The maximum absolute atomic E-state index is 15.1. The van der Waals surface area contributed by atoms with Gasteiger partial charge in [0, 0.05) is 25.8 Å². The van der Waals surface area contributed by atoms with Gasteiger partial charge in [-0.1, -0.05) is 0 Å².